The van der Waals surface area contributed by atoms with Gasteiger partial charge in [0.25, 0.3) is 0 Å². The summed E-state index contributed by atoms with van der Waals surface area (Å²) in [7, 11) is 0. The van der Waals surface area contributed by atoms with Crippen LogP contribution in [0.2, 0.25) is 0 Å². The van der Waals surface area contributed by atoms with Gasteiger partial charge in [-0.1, -0.05) is 18.9 Å². The normalized spacial score (nSPS) is 15.0. The molecule has 1 fully saturated rings. The maximum atomic E-state index is 4.79. The number of nitrogens with zero attached hydrogens (tertiary/aromatic N) is 3. The van der Waals surface area contributed by atoms with Crippen LogP contribution in [0, 0.1) is 20.8 Å². The molecular formula is C26H27N3S. The zero-order chi connectivity index (χ0) is 20.7. The maximum Gasteiger partial charge on any atom is 0.124 e. The lowest BCUT2D eigenvalue weighted by Crippen LogP contribution is -2.08. The summed E-state index contributed by atoms with van der Waals surface area (Å²) >= 11 is 1.75. The molecule has 0 aliphatic heterocycles. The summed E-state index contributed by atoms with van der Waals surface area (Å²) in [6.07, 6.45) is 7.33. The summed E-state index contributed by atoms with van der Waals surface area (Å²) < 4.78 is 3.76. The number of rotatable bonds is 4. The van der Waals surface area contributed by atoms with Crippen molar-refractivity contribution < 1.29 is 0 Å². The second-order valence-electron chi connectivity index (χ2n) is 8.43. The molecule has 2 aromatic carbocycles. The highest BCUT2D eigenvalue weighted by atomic mass is 32.1. The van der Waals surface area contributed by atoms with E-state index < -0.39 is 0 Å². The molecule has 0 amide bonds. The molecule has 30 heavy (non-hydrogen) atoms. The van der Waals surface area contributed by atoms with E-state index in [-0.39, 0.29) is 0 Å². The molecule has 1 aliphatic carbocycles. The van der Waals surface area contributed by atoms with Crippen molar-refractivity contribution in [2.24, 2.45) is 4.99 Å². The molecule has 152 valence electrons. The Morgan fingerprint density at radius 2 is 1.77 bits per heavy atom. The lowest BCUT2D eigenvalue weighted by Gasteiger charge is -2.17. The Kier molecular flexibility index (Phi) is 5.03. The van der Waals surface area contributed by atoms with Crippen LogP contribution in [0.3, 0.4) is 0 Å². The Bertz CT molecular complexity index is 1220. The summed E-state index contributed by atoms with van der Waals surface area (Å²) in [5.74, 6) is 0. The van der Waals surface area contributed by atoms with Gasteiger partial charge >= 0.3 is 0 Å². The summed E-state index contributed by atoms with van der Waals surface area (Å²) in [5.41, 5.74) is 8.38. The number of aryl methyl sites for hydroxylation is 2. The molecule has 0 bridgehead atoms. The van der Waals surface area contributed by atoms with Gasteiger partial charge in [-0.15, -0.1) is 11.3 Å². The number of thiazole rings is 1. The molecule has 4 heteroatoms. The van der Waals surface area contributed by atoms with E-state index in [1.165, 1.54) is 52.9 Å². The van der Waals surface area contributed by atoms with E-state index in [4.69, 9.17) is 9.98 Å². The zero-order valence-corrected chi connectivity index (χ0v) is 18.7. The number of hydrogen-bond donors (Lipinski definition) is 0. The number of benzene rings is 2. The van der Waals surface area contributed by atoms with Crippen molar-refractivity contribution in [1.29, 1.82) is 0 Å². The van der Waals surface area contributed by atoms with Gasteiger partial charge in [0, 0.05) is 34.8 Å². The van der Waals surface area contributed by atoms with E-state index in [2.05, 4.69) is 73.9 Å². The fraction of sp³-hybridized carbons (Fsp3) is 0.308. The summed E-state index contributed by atoms with van der Waals surface area (Å²) in [5, 5.41) is 1.06. The van der Waals surface area contributed by atoms with E-state index in [9.17, 15) is 0 Å². The second kappa shape index (κ2) is 7.84. The molecule has 1 saturated carbocycles. The quantitative estimate of drug-likeness (QED) is 0.318. The Morgan fingerprint density at radius 3 is 2.53 bits per heavy atom. The van der Waals surface area contributed by atoms with Crippen LogP contribution in [0.25, 0.3) is 20.8 Å². The van der Waals surface area contributed by atoms with Gasteiger partial charge in [-0.05, 0) is 81.6 Å². The van der Waals surface area contributed by atoms with Crippen molar-refractivity contribution in [3.8, 4) is 10.6 Å². The molecule has 5 rings (SSSR count). The van der Waals surface area contributed by atoms with Gasteiger partial charge in [0.15, 0.2) is 0 Å². The van der Waals surface area contributed by atoms with Gasteiger partial charge in [0.2, 0.25) is 0 Å². The van der Waals surface area contributed by atoms with E-state index in [0.717, 1.165) is 21.8 Å². The smallest absolute Gasteiger partial charge is 0.124 e. The highest BCUT2D eigenvalue weighted by Gasteiger charge is 2.20. The average molecular weight is 414 g/mol. The summed E-state index contributed by atoms with van der Waals surface area (Å²) in [6.45, 7) is 6.57. The van der Waals surface area contributed by atoms with Crippen LogP contribution >= 0.6 is 11.3 Å². The van der Waals surface area contributed by atoms with Crippen LogP contribution in [-0.4, -0.2) is 15.8 Å². The van der Waals surface area contributed by atoms with Crippen LogP contribution in [0.1, 0.15) is 54.2 Å². The number of aromatic nitrogens is 2. The number of aliphatic imine (C=N–C) groups is 1. The Labute approximate surface area is 182 Å². The van der Waals surface area contributed by atoms with E-state index in [1.807, 2.05) is 6.21 Å². The lowest BCUT2D eigenvalue weighted by atomic mass is 10.2. The molecular weight excluding hydrogens is 386 g/mol. The van der Waals surface area contributed by atoms with E-state index in [0.29, 0.717) is 6.04 Å². The van der Waals surface area contributed by atoms with Crippen molar-refractivity contribution in [1.82, 2.24) is 9.55 Å². The van der Waals surface area contributed by atoms with E-state index >= 15 is 0 Å². The highest BCUT2D eigenvalue weighted by molar-refractivity contribution is 7.21. The van der Waals surface area contributed by atoms with Gasteiger partial charge in [0.05, 0.1) is 15.9 Å². The first-order chi connectivity index (χ1) is 14.6. The Morgan fingerprint density at radius 1 is 1.00 bits per heavy atom. The molecule has 0 spiro atoms. The average Bonchev–Trinajstić information content (AvgIpc) is 3.46. The molecule has 4 aromatic rings. The minimum Gasteiger partial charge on any atom is -0.345 e. The predicted octanol–water partition coefficient (Wildman–Crippen LogP) is 7.56. The molecule has 0 saturated heterocycles. The van der Waals surface area contributed by atoms with Crippen LogP contribution in [-0.2, 0) is 0 Å². The molecule has 0 atom stereocenters. The topological polar surface area (TPSA) is 30.2 Å². The number of hydrogen-bond acceptors (Lipinski definition) is 3. The van der Waals surface area contributed by atoms with Crippen molar-refractivity contribution in [3.63, 3.8) is 0 Å². The van der Waals surface area contributed by atoms with Crippen LogP contribution in [0.5, 0.6) is 0 Å². The molecule has 2 heterocycles. The highest BCUT2D eigenvalue weighted by Crippen LogP contribution is 2.34. The van der Waals surface area contributed by atoms with Crippen molar-refractivity contribution in [3.05, 3.63) is 71.0 Å². The number of fused-ring (bicyclic) bond motifs is 1. The molecule has 2 aromatic heterocycles. The summed E-state index contributed by atoms with van der Waals surface area (Å²) in [6, 6.07) is 17.8. The van der Waals surface area contributed by atoms with E-state index in [1.54, 1.807) is 11.3 Å². The third-order valence-electron chi connectivity index (χ3n) is 6.22. The zero-order valence-electron chi connectivity index (χ0n) is 17.9. The largest absolute Gasteiger partial charge is 0.345 e. The molecule has 0 N–H and O–H groups in total. The van der Waals surface area contributed by atoms with Gasteiger partial charge in [0.1, 0.15) is 5.01 Å². The third kappa shape index (κ3) is 3.61. The first kappa shape index (κ1) is 19.3. The first-order valence-electron chi connectivity index (χ1n) is 10.8. The third-order valence-corrected chi connectivity index (χ3v) is 7.29. The fourth-order valence-corrected chi connectivity index (χ4v) is 5.72. The second-order valence-corrected chi connectivity index (χ2v) is 9.46. The Balaban J connectivity index is 1.37. The maximum absolute atomic E-state index is 4.79. The van der Waals surface area contributed by atoms with Crippen LogP contribution < -0.4 is 0 Å². The molecule has 3 nitrogen and oxygen atoms in total. The van der Waals surface area contributed by atoms with Crippen LogP contribution in [0.4, 0.5) is 5.69 Å². The SMILES string of the molecule is Cc1ccc2nc(-c3ccc(N=Cc4cc(C)n(C5CCCC5)c4C)cc3)sc2c1. The Hall–Kier alpha value is -2.72. The van der Waals surface area contributed by atoms with Crippen molar-refractivity contribution >= 4 is 33.5 Å². The molecule has 1 aliphatic rings. The van der Waals surface area contributed by atoms with Gasteiger partial charge in [-0.25, -0.2) is 4.98 Å². The molecule has 0 radical (unpaired) electrons. The fourth-order valence-electron chi connectivity index (χ4n) is 4.65. The van der Waals surface area contributed by atoms with Gasteiger partial charge < -0.3 is 4.57 Å². The van der Waals surface area contributed by atoms with Crippen molar-refractivity contribution in [2.45, 2.75) is 52.5 Å². The predicted molar refractivity (Wildman–Crippen MR) is 128 cm³/mol. The van der Waals surface area contributed by atoms with Gasteiger partial charge in [-0.3, -0.25) is 4.99 Å². The molecule has 0 unspecified atom stereocenters. The first-order valence-corrected chi connectivity index (χ1v) is 11.6. The lowest BCUT2D eigenvalue weighted by molar-refractivity contribution is 0.500. The summed E-state index contributed by atoms with van der Waals surface area (Å²) in [4.78, 5) is 9.54. The van der Waals surface area contributed by atoms with Crippen molar-refractivity contribution in [2.75, 3.05) is 0 Å². The minimum absolute atomic E-state index is 0.670. The van der Waals surface area contributed by atoms with Gasteiger partial charge in [-0.2, -0.15) is 0 Å². The van der Waals surface area contributed by atoms with Crippen LogP contribution in [0.15, 0.2) is 53.5 Å². The standard InChI is InChI=1S/C26H27N3S/c1-17-8-13-24-25(14-17)30-26(28-24)20-9-11-22(12-10-20)27-16-21-15-18(2)29(19(21)3)23-6-4-5-7-23/h8-16,23H,4-7H2,1-3H3. The monoisotopic (exact) mass is 413 g/mol. The minimum atomic E-state index is 0.670.